The Bertz CT molecular complexity index is 808. The van der Waals surface area contributed by atoms with E-state index in [1.165, 1.54) is 11.8 Å². The van der Waals surface area contributed by atoms with Gasteiger partial charge in [-0.05, 0) is 48.7 Å². The maximum absolute atomic E-state index is 12.9. The average Bonchev–Trinajstić information content (AvgIpc) is 3.23. The minimum atomic E-state index is -0.121. The molecule has 0 spiro atoms. The summed E-state index contributed by atoms with van der Waals surface area (Å²) in [7, 11) is 0. The molecule has 3 rings (SSSR count). The molecule has 1 aromatic carbocycles. The van der Waals surface area contributed by atoms with Crippen molar-refractivity contribution in [3.05, 3.63) is 65.0 Å². The van der Waals surface area contributed by atoms with E-state index >= 15 is 0 Å². The van der Waals surface area contributed by atoms with Crippen LogP contribution in [0.3, 0.4) is 0 Å². The number of rotatable bonds is 6. The van der Waals surface area contributed by atoms with Gasteiger partial charge in [0.05, 0.1) is 12.3 Å². The normalized spacial score (nSPS) is 15.6. The number of carbonyl (C=O) groups excluding carboxylic acids is 1. The summed E-state index contributed by atoms with van der Waals surface area (Å²) in [6, 6.07) is 11.4. The van der Waals surface area contributed by atoms with Gasteiger partial charge in [0.1, 0.15) is 11.4 Å². The molecule has 0 N–H and O–H groups in total. The molecule has 128 valence electrons. The van der Waals surface area contributed by atoms with Gasteiger partial charge in [-0.15, -0.1) is 17.9 Å². The summed E-state index contributed by atoms with van der Waals surface area (Å²) in [4.78, 5) is 20.1. The number of thiophene rings is 1. The highest BCUT2D eigenvalue weighted by Gasteiger charge is 2.31. The number of thioether (sulfide) groups is 1. The van der Waals surface area contributed by atoms with E-state index in [4.69, 9.17) is 4.74 Å². The third-order valence-corrected chi connectivity index (χ3v) is 5.14. The number of hydrogen-bond acceptors (Lipinski definition) is 5. The second-order valence-electron chi connectivity index (χ2n) is 5.11. The number of carbonyl (C=O) groups is 1. The molecule has 2 aromatic rings. The van der Waals surface area contributed by atoms with Crippen LogP contribution in [0.4, 0.5) is 5.69 Å². The highest BCUT2D eigenvalue weighted by atomic mass is 32.2. The van der Waals surface area contributed by atoms with Crippen LogP contribution in [0, 0.1) is 0 Å². The number of amidine groups is 1. The zero-order valence-corrected chi connectivity index (χ0v) is 15.5. The summed E-state index contributed by atoms with van der Waals surface area (Å²) < 4.78 is 5.47. The summed E-state index contributed by atoms with van der Waals surface area (Å²) in [5.41, 5.74) is 1.22. The fourth-order valence-electron chi connectivity index (χ4n) is 2.32. The molecule has 0 unspecified atom stereocenters. The topological polar surface area (TPSA) is 41.9 Å². The Morgan fingerprint density at radius 1 is 1.32 bits per heavy atom. The van der Waals surface area contributed by atoms with Crippen LogP contribution in [0.2, 0.25) is 0 Å². The van der Waals surface area contributed by atoms with Gasteiger partial charge in [0.25, 0.3) is 5.91 Å². The highest BCUT2D eigenvalue weighted by molar-refractivity contribution is 8.14. The predicted molar refractivity (Wildman–Crippen MR) is 107 cm³/mol. The van der Waals surface area contributed by atoms with Crippen molar-refractivity contribution in [3.63, 3.8) is 0 Å². The van der Waals surface area contributed by atoms with E-state index in [1.54, 1.807) is 22.3 Å². The maximum atomic E-state index is 12.9. The molecule has 0 radical (unpaired) electrons. The van der Waals surface area contributed by atoms with Crippen molar-refractivity contribution in [1.82, 2.24) is 0 Å². The van der Waals surface area contributed by atoms with Gasteiger partial charge in [0, 0.05) is 10.6 Å². The number of amides is 1. The summed E-state index contributed by atoms with van der Waals surface area (Å²) in [6.45, 7) is 6.29. The molecule has 0 aliphatic carbocycles. The van der Waals surface area contributed by atoms with Crippen LogP contribution >= 0.6 is 23.1 Å². The molecule has 0 fully saturated rings. The SMILES string of the molecule is C=CCSC1=NC(=Cc2cccs2)C(=O)N1c1ccc(OCC)cc1. The molecule has 6 heteroatoms. The molecular weight excluding hydrogens is 352 g/mol. The molecule has 0 bridgehead atoms. The van der Waals surface area contributed by atoms with Crippen molar-refractivity contribution in [2.24, 2.45) is 4.99 Å². The van der Waals surface area contributed by atoms with E-state index in [1.807, 2.05) is 54.8 Å². The Hall–Kier alpha value is -2.31. The van der Waals surface area contributed by atoms with E-state index in [0.717, 1.165) is 16.3 Å². The predicted octanol–water partition coefficient (Wildman–Crippen LogP) is 4.81. The minimum Gasteiger partial charge on any atom is -0.494 e. The molecular formula is C19H18N2O2S2. The van der Waals surface area contributed by atoms with Crippen LogP contribution in [0.1, 0.15) is 11.8 Å². The fraction of sp³-hybridized carbons (Fsp3) is 0.158. The van der Waals surface area contributed by atoms with E-state index in [-0.39, 0.29) is 5.91 Å². The van der Waals surface area contributed by atoms with Gasteiger partial charge in [-0.2, -0.15) is 0 Å². The summed E-state index contributed by atoms with van der Waals surface area (Å²) in [6.07, 6.45) is 3.63. The summed E-state index contributed by atoms with van der Waals surface area (Å²) >= 11 is 3.07. The smallest absolute Gasteiger partial charge is 0.283 e. The Morgan fingerprint density at radius 3 is 2.76 bits per heavy atom. The van der Waals surface area contributed by atoms with Crippen molar-refractivity contribution in [1.29, 1.82) is 0 Å². The zero-order chi connectivity index (χ0) is 17.6. The first kappa shape index (κ1) is 17.5. The first-order chi connectivity index (χ1) is 12.2. The Balaban J connectivity index is 1.91. The van der Waals surface area contributed by atoms with Crippen LogP contribution in [0.5, 0.6) is 5.75 Å². The van der Waals surface area contributed by atoms with Gasteiger partial charge < -0.3 is 4.74 Å². The van der Waals surface area contributed by atoms with Crippen molar-refractivity contribution in [3.8, 4) is 5.75 Å². The van der Waals surface area contributed by atoms with Crippen LogP contribution in [0.25, 0.3) is 6.08 Å². The first-order valence-corrected chi connectivity index (χ1v) is 9.74. The number of nitrogens with zero attached hydrogens (tertiary/aromatic N) is 2. The summed E-state index contributed by atoms with van der Waals surface area (Å²) in [5, 5.41) is 2.64. The molecule has 1 aromatic heterocycles. The Kier molecular flexibility index (Phi) is 5.73. The summed E-state index contributed by atoms with van der Waals surface area (Å²) in [5.74, 6) is 1.35. The van der Waals surface area contributed by atoms with Crippen LogP contribution in [-0.2, 0) is 4.79 Å². The van der Waals surface area contributed by atoms with Gasteiger partial charge in [-0.1, -0.05) is 23.9 Å². The molecule has 1 aliphatic rings. The van der Waals surface area contributed by atoms with Gasteiger partial charge in [-0.25, -0.2) is 4.99 Å². The van der Waals surface area contributed by atoms with E-state index < -0.39 is 0 Å². The lowest BCUT2D eigenvalue weighted by molar-refractivity contribution is -0.113. The van der Waals surface area contributed by atoms with Gasteiger partial charge in [-0.3, -0.25) is 9.69 Å². The maximum Gasteiger partial charge on any atom is 0.283 e. The third kappa shape index (κ3) is 4.03. The van der Waals surface area contributed by atoms with E-state index in [2.05, 4.69) is 11.6 Å². The molecule has 0 atom stereocenters. The monoisotopic (exact) mass is 370 g/mol. The molecule has 0 saturated heterocycles. The quantitative estimate of drug-likeness (QED) is 0.541. The lowest BCUT2D eigenvalue weighted by Gasteiger charge is -2.17. The number of hydrogen-bond donors (Lipinski definition) is 0. The van der Waals surface area contributed by atoms with Crippen LogP contribution in [0.15, 0.2) is 65.1 Å². The average molecular weight is 370 g/mol. The minimum absolute atomic E-state index is 0.121. The molecule has 4 nitrogen and oxygen atoms in total. The van der Waals surface area contributed by atoms with E-state index in [9.17, 15) is 4.79 Å². The standard InChI is InChI=1S/C19H18N2O2S2/c1-3-11-25-19-20-17(13-16-6-5-12-24-16)18(22)21(19)14-7-9-15(10-8-14)23-4-2/h3,5-10,12-13H,1,4,11H2,2H3. The Morgan fingerprint density at radius 2 is 2.12 bits per heavy atom. The molecule has 25 heavy (non-hydrogen) atoms. The lowest BCUT2D eigenvalue weighted by Crippen LogP contribution is -2.30. The van der Waals surface area contributed by atoms with E-state index in [0.29, 0.717) is 23.2 Å². The second-order valence-corrected chi connectivity index (χ2v) is 7.07. The number of benzene rings is 1. The first-order valence-electron chi connectivity index (χ1n) is 7.88. The number of anilines is 1. The van der Waals surface area contributed by atoms with Crippen molar-refractivity contribution >= 4 is 45.9 Å². The second kappa shape index (κ2) is 8.18. The molecule has 1 amide bonds. The number of aliphatic imine (C=N–C) groups is 1. The molecule has 2 heterocycles. The van der Waals surface area contributed by atoms with Crippen LogP contribution in [-0.4, -0.2) is 23.4 Å². The van der Waals surface area contributed by atoms with Crippen LogP contribution < -0.4 is 9.64 Å². The fourth-order valence-corrected chi connectivity index (χ4v) is 3.72. The Labute approximate surface area is 155 Å². The van der Waals surface area contributed by atoms with Crippen molar-refractivity contribution in [2.75, 3.05) is 17.3 Å². The lowest BCUT2D eigenvalue weighted by atomic mass is 10.2. The zero-order valence-electron chi connectivity index (χ0n) is 13.8. The van der Waals surface area contributed by atoms with Crippen molar-refractivity contribution in [2.45, 2.75) is 6.92 Å². The van der Waals surface area contributed by atoms with Gasteiger partial charge in [0.2, 0.25) is 0 Å². The highest BCUT2D eigenvalue weighted by Crippen LogP contribution is 2.31. The largest absolute Gasteiger partial charge is 0.494 e. The third-order valence-electron chi connectivity index (χ3n) is 3.39. The van der Waals surface area contributed by atoms with Gasteiger partial charge in [0.15, 0.2) is 5.17 Å². The molecule has 1 aliphatic heterocycles. The molecule has 0 saturated carbocycles. The van der Waals surface area contributed by atoms with Gasteiger partial charge >= 0.3 is 0 Å². The number of ether oxygens (including phenoxy) is 1. The van der Waals surface area contributed by atoms with Crippen molar-refractivity contribution < 1.29 is 9.53 Å².